The number of Topliss-reactive ketones (excluding diaryl/α,β-unsaturated/α-hetero) is 1. The number of aromatic nitrogens is 7. The van der Waals surface area contributed by atoms with Gasteiger partial charge in [0.15, 0.2) is 0 Å². The van der Waals surface area contributed by atoms with E-state index in [2.05, 4.69) is 34.9 Å². The first-order valence-corrected chi connectivity index (χ1v) is 12.9. The highest BCUT2D eigenvalue weighted by Gasteiger charge is 2.50. The number of nitrogens with zero attached hydrogens (tertiary/aromatic N) is 8. The van der Waals surface area contributed by atoms with Gasteiger partial charge in [-0.3, -0.25) is 19.2 Å². The maximum Gasteiger partial charge on any atom is 0.451 e. The van der Waals surface area contributed by atoms with Crippen molar-refractivity contribution in [3.63, 3.8) is 0 Å². The molecule has 40 heavy (non-hydrogen) atoms. The van der Waals surface area contributed by atoms with Crippen molar-refractivity contribution in [2.75, 3.05) is 26.2 Å². The van der Waals surface area contributed by atoms with Crippen LogP contribution in [0.2, 0.25) is 0 Å². The number of nitrogens with one attached hydrogen (secondary N) is 1. The fourth-order valence-corrected chi connectivity index (χ4v) is 5.82. The summed E-state index contributed by atoms with van der Waals surface area (Å²) >= 11 is 0. The lowest BCUT2D eigenvalue weighted by atomic mass is 9.69. The standard InChI is InChI=1S/C26H26F3N9O2/c1-16(39)10-25(38-14-17(13-34-38)21-19-2-4-30-22(19)33-15-32-21)11-18(12-25)36-6-8-37(9-7-36)23(40)20-3-5-31-24(35-20)26(27,28)29/h2-5,13-15,18H,6-12H2,1H3,(H,30,32,33). The van der Waals surface area contributed by atoms with E-state index in [0.29, 0.717) is 45.4 Å². The van der Waals surface area contributed by atoms with Gasteiger partial charge < -0.3 is 9.88 Å². The molecule has 2 fully saturated rings. The van der Waals surface area contributed by atoms with Gasteiger partial charge in [-0.15, -0.1) is 0 Å². The van der Waals surface area contributed by atoms with Crippen molar-refractivity contribution in [1.29, 1.82) is 0 Å². The van der Waals surface area contributed by atoms with E-state index in [1.165, 1.54) is 17.3 Å². The Morgan fingerprint density at radius 1 is 1.10 bits per heavy atom. The van der Waals surface area contributed by atoms with Crippen LogP contribution in [0, 0.1) is 0 Å². The molecule has 1 amide bonds. The summed E-state index contributed by atoms with van der Waals surface area (Å²) < 4.78 is 40.8. The van der Waals surface area contributed by atoms with Crippen LogP contribution in [0.4, 0.5) is 13.2 Å². The summed E-state index contributed by atoms with van der Waals surface area (Å²) in [5, 5.41) is 5.52. The van der Waals surface area contributed by atoms with Crippen LogP contribution in [0.1, 0.15) is 42.5 Å². The zero-order valence-corrected chi connectivity index (χ0v) is 21.6. The van der Waals surface area contributed by atoms with Crippen LogP contribution in [0.5, 0.6) is 0 Å². The summed E-state index contributed by atoms with van der Waals surface area (Å²) in [5.41, 5.74) is 1.61. The van der Waals surface area contributed by atoms with Gasteiger partial charge in [-0.1, -0.05) is 0 Å². The minimum absolute atomic E-state index is 0.0732. The minimum atomic E-state index is -4.72. The summed E-state index contributed by atoms with van der Waals surface area (Å²) in [7, 11) is 0. The second-order valence-electron chi connectivity index (χ2n) is 10.4. The van der Waals surface area contributed by atoms with Crippen molar-refractivity contribution in [3.8, 4) is 11.3 Å². The normalized spacial score (nSPS) is 21.9. The molecule has 0 bridgehead atoms. The van der Waals surface area contributed by atoms with E-state index >= 15 is 0 Å². The molecule has 5 heterocycles. The first kappa shape index (κ1) is 26.0. The van der Waals surface area contributed by atoms with Gasteiger partial charge in [-0.2, -0.15) is 18.3 Å². The number of H-pyrrole nitrogens is 1. The second kappa shape index (κ2) is 9.77. The molecule has 4 aromatic rings. The van der Waals surface area contributed by atoms with Gasteiger partial charge in [0.2, 0.25) is 5.82 Å². The van der Waals surface area contributed by atoms with E-state index in [-0.39, 0.29) is 17.5 Å². The topological polar surface area (TPSA) is 126 Å². The van der Waals surface area contributed by atoms with Crippen molar-refractivity contribution in [3.05, 3.63) is 54.8 Å². The molecule has 0 unspecified atom stereocenters. The van der Waals surface area contributed by atoms with Crippen LogP contribution >= 0.6 is 0 Å². The van der Waals surface area contributed by atoms with Crippen LogP contribution < -0.4 is 0 Å². The molecule has 1 N–H and O–H groups in total. The number of carbonyl (C=O) groups excluding carboxylic acids is 2. The van der Waals surface area contributed by atoms with Crippen molar-refractivity contribution >= 4 is 22.7 Å². The van der Waals surface area contributed by atoms with Gasteiger partial charge in [0.1, 0.15) is 23.5 Å². The molecular formula is C26H26F3N9O2. The minimum Gasteiger partial charge on any atom is -0.346 e. The Kier molecular flexibility index (Phi) is 6.36. The Balaban J connectivity index is 1.12. The molecule has 0 spiro atoms. The van der Waals surface area contributed by atoms with Crippen molar-refractivity contribution in [1.82, 2.24) is 44.5 Å². The molecule has 2 aliphatic rings. The summed E-state index contributed by atoms with van der Waals surface area (Å²) in [6.45, 7) is 3.45. The van der Waals surface area contributed by atoms with Gasteiger partial charge in [0.05, 0.1) is 17.4 Å². The van der Waals surface area contributed by atoms with Crippen LogP contribution in [0.3, 0.4) is 0 Å². The number of alkyl halides is 3. The van der Waals surface area contributed by atoms with Crippen molar-refractivity contribution in [2.45, 2.75) is 43.9 Å². The largest absolute Gasteiger partial charge is 0.451 e. The Morgan fingerprint density at radius 2 is 1.88 bits per heavy atom. The van der Waals surface area contributed by atoms with E-state index in [4.69, 9.17) is 0 Å². The van der Waals surface area contributed by atoms with Crippen molar-refractivity contribution in [2.24, 2.45) is 0 Å². The van der Waals surface area contributed by atoms with Gasteiger partial charge in [0.25, 0.3) is 5.91 Å². The lowest BCUT2D eigenvalue weighted by molar-refractivity contribution is -0.145. The molecule has 1 aliphatic heterocycles. The highest BCUT2D eigenvalue weighted by Crippen LogP contribution is 2.45. The molecule has 0 radical (unpaired) electrons. The third-order valence-corrected chi connectivity index (χ3v) is 7.75. The molecule has 208 valence electrons. The number of piperazine rings is 1. The predicted octanol–water partition coefficient (Wildman–Crippen LogP) is 2.93. The number of ketones is 1. The van der Waals surface area contributed by atoms with Gasteiger partial charge in [-0.25, -0.2) is 19.9 Å². The first-order valence-electron chi connectivity index (χ1n) is 12.9. The van der Waals surface area contributed by atoms with Crippen LogP contribution in [-0.2, 0) is 16.5 Å². The SMILES string of the molecule is CC(=O)CC1(n2cc(-c3ncnc4[nH]ccc34)cn2)CC(N2CCN(C(=O)c3ccnc(C(F)(F)F)n3)CC2)C1. The summed E-state index contributed by atoms with van der Waals surface area (Å²) in [6.07, 6.45) is 5.01. The van der Waals surface area contributed by atoms with E-state index < -0.39 is 23.4 Å². The quantitative estimate of drug-likeness (QED) is 0.386. The lowest BCUT2D eigenvalue weighted by Crippen LogP contribution is -2.61. The van der Waals surface area contributed by atoms with Crippen LogP contribution in [0.15, 0.2) is 43.2 Å². The third kappa shape index (κ3) is 4.72. The smallest absolute Gasteiger partial charge is 0.346 e. The lowest BCUT2D eigenvalue weighted by Gasteiger charge is -2.53. The molecule has 6 rings (SSSR count). The Hall–Kier alpha value is -4.20. The molecule has 0 aromatic carbocycles. The van der Waals surface area contributed by atoms with Gasteiger partial charge in [0, 0.05) is 68.2 Å². The maximum atomic E-state index is 13.0. The highest BCUT2D eigenvalue weighted by molar-refractivity contribution is 5.92. The molecule has 4 aromatic heterocycles. The number of aromatic amines is 1. The summed E-state index contributed by atoms with van der Waals surface area (Å²) in [4.78, 5) is 47.3. The number of amides is 1. The fraction of sp³-hybridized carbons (Fsp3) is 0.423. The average Bonchev–Trinajstić information content (AvgIpc) is 3.60. The molecule has 1 aliphatic carbocycles. The monoisotopic (exact) mass is 553 g/mol. The molecule has 1 saturated heterocycles. The number of rotatable bonds is 6. The van der Waals surface area contributed by atoms with Gasteiger partial charge in [-0.05, 0) is 31.9 Å². The first-order chi connectivity index (χ1) is 19.1. The predicted molar refractivity (Wildman–Crippen MR) is 136 cm³/mol. The Morgan fingerprint density at radius 3 is 2.60 bits per heavy atom. The highest BCUT2D eigenvalue weighted by atomic mass is 19.4. The Bertz CT molecular complexity index is 1570. The van der Waals surface area contributed by atoms with Crippen LogP contribution in [0.25, 0.3) is 22.3 Å². The maximum absolute atomic E-state index is 13.0. The fourth-order valence-electron chi connectivity index (χ4n) is 5.82. The molecule has 0 atom stereocenters. The van der Waals surface area contributed by atoms with E-state index in [1.807, 2.05) is 23.1 Å². The Labute approximate surface area is 226 Å². The number of hydrogen-bond acceptors (Lipinski definition) is 8. The molecule has 11 nitrogen and oxygen atoms in total. The molecule has 1 saturated carbocycles. The van der Waals surface area contributed by atoms with Crippen LogP contribution in [-0.4, -0.2) is 88.4 Å². The third-order valence-electron chi connectivity index (χ3n) is 7.75. The van der Waals surface area contributed by atoms with E-state index in [0.717, 1.165) is 28.5 Å². The van der Waals surface area contributed by atoms with E-state index in [9.17, 15) is 22.8 Å². The summed E-state index contributed by atoms with van der Waals surface area (Å²) in [5.74, 6) is -1.80. The summed E-state index contributed by atoms with van der Waals surface area (Å²) in [6, 6.07) is 3.31. The molecular weight excluding hydrogens is 527 g/mol. The number of hydrogen-bond donors (Lipinski definition) is 1. The molecule has 14 heteroatoms. The zero-order valence-electron chi connectivity index (χ0n) is 21.6. The van der Waals surface area contributed by atoms with Gasteiger partial charge >= 0.3 is 6.18 Å². The average molecular weight is 554 g/mol. The van der Waals surface area contributed by atoms with Crippen molar-refractivity contribution < 1.29 is 22.8 Å². The number of carbonyl (C=O) groups is 2. The zero-order chi connectivity index (χ0) is 28.1. The number of halogens is 3. The van der Waals surface area contributed by atoms with E-state index in [1.54, 1.807) is 13.1 Å². The second-order valence-corrected chi connectivity index (χ2v) is 10.4. The number of fused-ring (bicyclic) bond motifs is 1.